The molecule has 0 radical (unpaired) electrons. The number of halogens is 2. The Morgan fingerprint density at radius 2 is 2.17 bits per heavy atom. The molecule has 0 aliphatic carbocycles. The molecular weight excluding hydrogens is 316 g/mol. The highest BCUT2D eigenvalue weighted by atomic mass is 79.9. The molecule has 1 atom stereocenters. The molecule has 0 spiro atoms. The van der Waals surface area contributed by atoms with Crippen molar-refractivity contribution in [3.05, 3.63) is 27.2 Å². The van der Waals surface area contributed by atoms with Crippen LogP contribution in [0.3, 0.4) is 0 Å². The predicted octanol–water partition coefficient (Wildman–Crippen LogP) is 3.74. The average molecular weight is 334 g/mol. The molecule has 0 heterocycles. The van der Waals surface area contributed by atoms with Gasteiger partial charge in [-0.25, -0.2) is 0 Å². The Balaban J connectivity index is 2.58. The van der Waals surface area contributed by atoms with E-state index in [0.29, 0.717) is 5.02 Å². The zero-order valence-electron chi connectivity index (χ0n) is 10.8. The molecule has 2 N–H and O–H groups in total. The van der Waals surface area contributed by atoms with Crippen LogP contribution in [0, 0.1) is 6.92 Å². The first-order valence-corrected chi connectivity index (χ1v) is 7.10. The van der Waals surface area contributed by atoms with Gasteiger partial charge in [0.05, 0.1) is 12.2 Å². The molecule has 1 aromatic rings. The Labute approximate surface area is 121 Å². The van der Waals surface area contributed by atoms with E-state index in [1.54, 1.807) is 0 Å². The van der Waals surface area contributed by atoms with Crippen LogP contribution in [0.15, 0.2) is 16.6 Å². The summed E-state index contributed by atoms with van der Waals surface area (Å²) in [6, 6.07) is 3.94. The summed E-state index contributed by atoms with van der Waals surface area (Å²) in [6.07, 6.45) is 0.922. The number of benzene rings is 1. The number of carbonyl (C=O) groups excluding carboxylic acids is 1. The van der Waals surface area contributed by atoms with Crippen molar-refractivity contribution in [3.63, 3.8) is 0 Å². The molecule has 0 aliphatic heterocycles. The standard InChI is InChI=1S/C13H18BrClN2O/c1-4-9(3)17-13(18)7-16-12-6-11(15)8(2)5-10(12)14/h5-6,9,16H,4,7H2,1-3H3,(H,17,18). The van der Waals surface area contributed by atoms with Crippen molar-refractivity contribution in [3.8, 4) is 0 Å². The zero-order valence-corrected chi connectivity index (χ0v) is 13.2. The fourth-order valence-electron chi connectivity index (χ4n) is 1.39. The van der Waals surface area contributed by atoms with E-state index in [9.17, 15) is 4.79 Å². The quantitative estimate of drug-likeness (QED) is 0.862. The van der Waals surface area contributed by atoms with Crippen LogP contribution in [0.1, 0.15) is 25.8 Å². The van der Waals surface area contributed by atoms with Crippen molar-refractivity contribution in [2.75, 3.05) is 11.9 Å². The van der Waals surface area contributed by atoms with E-state index in [-0.39, 0.29) is 18.5 Å². The predicted molar refractivity (Wildman–Crippen MR) is 80.3 cm³/mol. The van der Waals surface area contributed by atoms with Crippen LogP contribution in [-0.2, 0) is 4.79 Å². The summed E-state index contributed by atoms with van der Waals surface area (Å²) in [5, 5.41) is 6.65. The molecule has 3 nitrogen and oxygen atoms in total. The van der Waals surface area contributed by atoms with Crippen LogP contribution in [-0.4, -0.2) is 18.5 Å². The fourth-order valence-corrected chi connectivity index (χ4v) is 2.15. The third-order valence-corrected chi connectivity index (χ3v) is 3.77. The van der Waals surface area contributed by atoms with Crippen LogP contribution in [0.5, 0.6) is 0 Å². The Bertz CT molecular complexity index is 437. The number of hydrogen-bond donors (Lipinski definition) is 2. The van der Waals surface area contributed by atoms with Crippen molar-refractivity contribution in [1.29, 1.82) is 0 Å². The van der Waals surface area contributed by atoms with Crippen molar-refractivity contribution in [1.82, 2.24) is 5.32 Å². The summed E-state index contributed by atoms with van der Waals surface area (Å²) in [6.45, 7) is 6.19. The van der Waals surface area contributed by atoms with E-state index in [1.807, 2.05) is 32.9 Å². The van der Waals surface area contributed by atoms with E-state index in [1.165, 1.54) is 0 Å². The lowest BCUT2D eigenvalue weighted by molar-refractivity contribution is -0.120. The second kappa shape index (κ2) is 7.00. The average Bonchev–Trinajstić information content (AvgIpc) is 2.32. The monoisotopic (exact) mass is 332 g/mol. The van der Waals surface area contributed by atoms with Gasteiger partial charge >= 0.3 is 0 Å². The van der Waals surface area contributed by atoms with Gasteiger partial charge in [-0.15, -0.1) is 0 Å². The molecule has 0 fully saturated rings. The normalized spacial score (nSPS) is 12.1. The molecule has 0 aliphatic rings. The lowest BCUT2D eigenvalue weighted by Gasteiger charge is -2.13. The SMILES string of the molecule is CCC(C)NC(=O)CNc1cc(Cl)c(C)cc1Br. The first-order chi connectivity index (χ1) is 8.43. The smallest absolute Gasteiger partial charge is 0.239 e. The Morgan fingerprint density at radius 3 is 2.78 bits per heavy atom. The molecule has 0 saturated carbocycles. The molecule has 0 saturated heterocycles. The number of hydrogen-bond acceptors (Lipinski definition) is 2. The summed E-state index contributed by atoms with van der Waals surface area (Å²) < 4.78 is 0.903. The van der Waals surface area contributed by atoms with Gasteiger partial charge in [-0.3, -0.25) is 4.79 Å². The summed E-state index contributed by atoms with van der Waals surface area (Å²) in [7, 11) is 0. The first-order valence-electron chi connectivity index (χ1n) is 5.93. The van der Waals surface area contributed by atoms with Crippen LogP contribution in [0.25, 0.3) is 0 Å². The second-order valence-electron chi connectivity index (χ2n) is 4.31. The van der Waals surface area contributed by atoms with Gasteiger partial charge in [0, 0.05) is 15.5 Å². The first kappa shape index (κ1) is 15.3. The highest BCUT2D eigenvalue weighted by Crippen LogP contribution is 2.28. The highest BCUT2D eigenvalue weighted by Gasteiger charge is 2.08. The third-order valence-electron chi connectivity index (χ3n) is 2.71. The van der Waals surface area contributed by atoms with Crippen LogP contribution >= 0.6 is 27.5 Å². The Hall–Kier alpha value is -0.740. The van der Waals surface area contributed by atoms with Crippen molar-refractivity contribution in [2.45, 2.75) is 33.2 Å². The topological polar surface area (TPSA) is 41.1 Å². The van der Waals surface area contributed by atoms with Gasteiger partial charge < -0.3 is 10.6 Å². The molecule has 100 valence electrons. The molecular formula is C13H18BrClN2O. The van der Waals surface area contributed by atoms with Crippen molar-refractivity contribution >= 4 is 39.1 Å². The Morgan fingerprint density at radius 1 is 1.50 bits per heavy atom. The largest absolute Gasteiger partial charge is 0.375 e. The van der Waals surface area contributed by atoms with Crippen LogP contribution in [0.4, 0.5) is 5.69 Å². The molecule has 0 bridgehead atoms. The molecule has 0 aromatic heterocycles. The van der Waals surface area contributed by atoms with Crippen LogP contribution < -0.4 is 10.6 Å². The van der Waals surface area contributed by atoms with Crippen molar-refractivity contribution < 1.29 is 4.79 Å². The van der Waals surface area contributed by atoms with Crippen molar-refractivity contribution in [2.24, 2.45) is 0 Å². The van der Waals surface area contributed by atoms with E-state index >= 15 is 0 Å². The van der Waals surface area contributed by atoms with Gasteiger partial charge in [-0.2, -0.15) is 0 Å². The molecule has 1 aromatic carbocycles. The fraction of sp³-hybridized carbons (Fsp3) is 0.462. The second-order valence-corrected chi connectivity index (χ2v) is 5.57. The van der Waals surface area contributed by atoms with Gasteiger partial charge in [0.25, 0.3) is 0 Å². The lowest BCUT2D eigenvalue weighted by Crippen LogP contribution is -2.36. The maximum atomic E-state index is 11.6. The minimum Gasteiger partial charge on any atom is -0.375 e. The molecule has 5 heteroatoms. The van der Waals surface area contributed by atoms with E-state index in [2.05, 4.69) is 26.6 Å². The minimum atomic E-state index is -0.0204. The van der Waals surface area contributed by atoms with Crippen LogP contribution in [0.2, 0.25) is 5.02 Å². The molecule has 1 rings (SSSR count). The van der Waals surface area contributed by atoms with Gasteiger partial charge in [0.2, 0.25) is 5.91 Å². The van der Waals surface area contributed by atoms with Gasteiger partial charge in [0.15, 0.2) is 0 Å². The molecule has 18 heavy (non-hydrogen) atoms. The summed E-state index contributed by atoms with van der Waals surface area (Å²) in [4.78, 5) is 11.6. The lowest BCUT2D eigenvalue weighted by atomic mass is 10.2. The summed E-state index contributed by atoms with van der Waals surface area (Å²) in [5.41, 5.74) is 1.82. The zero-order chi connectivity index (χ0) is 13.7. The maximum absolute atomic E-state index is 11.6. The highest BCUT2D eigenvalue weighted by molar-refractivity contribution is 9.10. The van der Waals surface area contributed by atoms with E-state index < -0.39 is 0 Å². The van der Waals surface area contributed by atoms with Gasteiger partial charge in [-0.05, 0) is 53.9 Å². The van der Waals surface area contributed by atoms with Gasteiger partial charge in [0.1, 0.15) is 0 Å². The Kier molecular flexibility index (Phi) is 5.96. The van der Waals surface area contributed by atoms with E-state index in [0.717, 1.165) is 22.1 Å². The third kappa shape index (κ3) is 4.50. The number of carbonyl (C=O) groups is 1. The summed E-state index contributed by atoms with van der Waals surface area (Å²) in [5.74, 6) is -0.0204. The molecule has 1 amide bonds. The minimum absolute atomic E-state index is 0.0204. The number of aryl methyl sites for hydroxylation is 1. The molecule has 1 unspecified atom stereocenters. The number of nitrogens with one attached hydrogen (secondary N) is 2. The van der Waals surface area contributed by atoms with E-state index in [4.69, 9.17) is 11.6 Å². The number of rotatable bonds is 5. The number of anilines is 1. The summed E-state index contributed by atoms with van der Waals surface area (Å²) >= 11 is 9.49. The maximum Gasteiger partial charge on any atom is 0.239 e. The van der Waals surface area contributed by atoms with Gasteiger partial charge in [-0.1, -0.05) is 18.5 Å². The number of amides is 1.